The second kappa shape index (κ2) is 4.71. The summed E-state index contributed by atoms with van der Waals surface area (Å²) in [7, 11) is 0. The normalized spacial score (nSPS) is 28.5. The van der Waals surface area contributed by atoms with Crippen LogP contribution in [0.4, 0.5) is 22.4 Å². The van der Waals surface area contributed by atoms with E-state index in [1.54, 1.807) is 0 Å². The molecule has 1 aliphatic rings. The second-order valence-corrected chi connectivity index (χ2v) is 4.87. The maximum Gasteiger partial charge on any atom is 0.278 e. The molecule has 0 radical (unpaired) electrons. The van der Waals surface area contributed by atoms with Crippen molar-refractivity contribution >= 4 is 12.0 Å². The lowest BCUT2D eigenvalue weighted by molar-refractivity contribution is -0.284. The standard InChI is InChI=1S/C13H11F4NO3/c1-12(7-4-2-3-5-8(7)14)13(16,17)6-9(15)10(19)18(12)11(20)21/h2-5,9H,6H2,1H3,(H,20,21)/p-1. The van der Waals surface area contributed by atoms with Crippen LogP contribution in [-0.2, 0) is 10.3 Å². The Hall–Kier alpha value is -2.12. The van der Waals surface area contributed by atoms with Crippen molar-refractivity contribution in [2.24, 2.45) is 0 Å². The van der Waals surface area contributed by atoms with Crippen LogP contribution >= 0.6 is 0 Å². The summed E-state index contributed by atoms with van der Waals surface area (Å²) in [6.07, 6.45) is -6.54. The van der Waals surface area contributed by atoms with Crippen molar-refractivity contribution in [1.82, 2.24) is 4.90 Å². The van der Waals surface area contributed by atoms with Gasteiger partial charge >= 0.3 is 0 Å². The number of benzene rings is 1. The van der Waals surface area contributed by atoms with Crippen molar-refractivity contribution in [1.29, 1.82) is 0 Å². The SMILES string of the molecule is CC1(c2ccccc2F)N(C(=O)[O-])C(=O)C(F)CC1(F)F. The smallest absolute Gasteiger partial charge is 0.278 e. The number of carboxylic acid groups (broad SMARTS) is 1. The van der Waals surface area contributed by atoms with E-state index in [-0.39, 0.29) is 0 Å². The molecule has 2 rings (SSSR count). The number of hydrogen-bond donors (Lipinski definition) is 0. The van der Waals surface area contributed by atoms with Gasteiger partial charge in [0.15, 0.2) is 6.17 Å². The van der Waals surface area contributed by atoms with Crippen molar-refractivity contribution in [3.8, 4) is 0 Å². The molecule has 1 aromatic rings. The summed E-state index contributed by atoms with van der Waals surface area (Å²) >= 11 is 0. The maximum atomic E-state index is 14.3. The van der Waals surface area contributed by atoms with Gasteiger partial charge in [-0.15, -0.1) is 0 Å². The number of likely N-dealkylation sites (tertiary alicyclic amines) is 1. The van der Waals surface area contributed by atoms with Crippen LogP contribution < -0.4 is 5.11 Å². The Labute approximate surface area is 117 Å². The first kappa shape index (κ1) is 15.3. The molecule has 1 aliphatic heterocycles. The molecule has 2 amide bonds. The number of carbonyl (C=O) groups is 2. The predicted octanol–water partition coefficient (Wildman–Crippen LogP) is 1.59. The minimum absolute atomic E-state index is 0.431. The highest BCUT2D eigenvalue weighted by atomic mass is 19.3. The maximum absolute atomic E-state index is 14.3. The van der Waals surface area contributed by atoms with Crippen LogP contribution in [0.5, 0.6) is 0 Å². The third kappa shape index (κ3) is 2.05. The molecule has 0 aliphatic carbocycles. The highest BCUT2D eigenvalue weighted by Crippen LogP contribution is 2.49. The fourth-order valence-corrected chi connectivity index (χ4v) is 2.48. The van der Waals surface area contributed by atoms with E-state index in [9.17, 15) is 32.3 Å². The summed E-state index contributed by atoms with van der Waals surface area (Å²) in [5, 5.41) is 11.1. The van der Waals surface area contributed by atoms with Crippen molar-refractivity contribution in [2.45, 2.75) is 31.0 Å². The summed E-state index contributed by atoms with van der Waals surface area (Å²) in [4.78, 5) is 22.3. The third-order valence-corrected chi connectivity index (χ3v) is 3.66. The number of nitrogens with zero attached hydrogens (tertiary/aromatic N) is 1. The van der Waals surface area contributed by atoms with E-state index in [4.69, 9.17) is 0 Å². The second-order valence-electron chi connectivity index (χ2n) is 4.87. The molecule has 114 valence electrons. The van der Waals surface area contributed by atoms with E-state index in [1.165, 1.54) is 12.1 Å². The molecule has 2 atom stereocenters. The van der Waals surface area contributed by atoms with Crippen LogP contribution in [0.1, 0.15) is 18.9 Å². The lowest BCUT2D eigenvalue weighted by atomic mass is 9.77. The molecule has 0 bridgehead atoms. The van der Waals surface area contributed by atoms with E-state index in [0.29, 0.717) is 6.92 Å². The number of carbonyl (C=O) groups excluding carboxylic acids is 2. The van der Waals surface area contributed by atoms with E-state index < -0.39 is 52.3 Å². The molecule has 0 saturated carbocycles. The van der Waals surface area contributed by atoms with Gasteiger partial charge in [-0.05, 0) is 13.0 Å². The summed E-state index contributed by atoms with van der Waals surface area (Å²) < 4.78 is 55.8. The Kier molecular flexibility index (Phi) is 3.43. The number of rotatable bonds is 1. The molecule has 1 heterocycles. The number of piperidine rings is 1. The molecule has 0 N–H and O–H groups in total. The van der Waals surface area contributed by atoms with E-state index in [0.717, 1.165) is 12.1 Å². The molecule has 4 nitrogen and oxygen atoms in total. The number of alkyl halides is 3. The van der Waals surface area contributed by atoms with Gasteiger partial charge in [0.1, 0.15) is 17.4 Å². The van der Waals surface area contributed by atoms with Crippen molar-refractivity contribution < 1.29 is 32.3 Å². The molecule has 0 aromatic heterocycles. The van der Waals surface area contributed by atoms with Gasteiger partial charge in [-0.25, -0.2) is 17.6 Å². The van der Waals surface area contributed by atoms with E-state index >= 15 is 0 Å². The fourth-order valence-electron chi connectivity index (χ4n) is 2.48. The van der Waals surface area contributed by atoms with Crippen LogP contribution in [0, 0.1) is 5.82 Å². The highest BCUT2D eigenvalue weighted by Gasteiger charge is 2.64. The van der Waals surface area contributed by atoms with Gasteiger partial charge in [-0.3, -0.25) is 9.69 Å². The topological polar surface area (TPSA) is 60.4 Å². The fraction of sp³-hybridized carbons (Fsp3) is 0.385. The first-order valence-electron chi connectivity index (χ1n) is 5.95. The molecule has 1 aromatic carbocycles. The van der Waals surface area contributed by atoms with Gasteiger partial charge in [-0.1, -0.05) is 18.2 Å². The van der Waals surface area contributed by atoms with E-state index in [1.807, 2.05) is 0 Å². The summed E-state index contributed by atoms with van der Waals surface area (Å²) in [6.45, 7) is 0.672. The number of amides is 2. The Balaban J connectivity index is 2.73. The molecular weight excluding hydrogens is 294 g/mol. The summed E-state index contributed by atoms with van der Waals surface area (Å²) in [5.41, 5.74) is -3.60. The quantitative estimate of drug-likeness (QED) is 0.740. The van der Waals surface area contributed by atoms with Gasteiger partial charge in [0.25, 0.3) is 11.8 Å². The van der Waals surface area contributed by atoms with Crippen LogP contribution in [0.3, 0.4) is 0 Å². The van der Waals surface area contributed by atoms with E-state index in [2.05, 4.69) is 0 Å². The highest BCUT2D eigenvalue weighted by molar-refractivity contribution is 5.95. The number of halogens is 4. The average molecular weight is 304 g/mol. The Bertz CT molecular complexity index is 607. The Morgan fingerprint density at radius 3 is 2.48 bits per heavy atom. The lowest BCUT2D eigenvalue weighted by Gasteiger charge is -2.50. The van der Waals surface area contributed by atoms with Crippen molar-refractivity contribution in [3.63, 3.8) is 0 Å². The van der Waals surface area contributed by atoms with Crippen LogP contribution in [0.15, 0.2) is 24.3 Å². The van der Waals surface area contributed by atoms with Gasteiger partial charge < -0.3 is 9.90 Å². The zero-order chi connectivity index (χ0) is 16.0. The predicted molar refractivity (Wildman–Crippen MR) is 60.5 cm³/mol. The number of hydrogen-bond acceptors (Lipinski definition) is 3. The minimum Gasteiger partial charge on any atom is -0.530 e. The Morgan fingerprint density at radius 2 is 1.95 bits per heavy atom. The zero-order valence-electron chi connectivity index (χ0n) is 10.8. The molecule has 21 heavy (non-hydrogen) atoms. The Morgan fingerprint density at radius 1 is 1.38 bits per heavy atom. The van der Waals surface area contributed by atoms with Gasteiger partial charge in [-0.2, -0.15) is 0 Å². The number of imide groups is 1. The molecule has 2 unspecified atom stereocenters. The zero-order valence-corrected chi connectivity index (χ0v) is 10.8. The first-order valence-corrected chi connectivity index (χ1v) is 5.95. The molecule has 8 heteroatoms. The molecule has 1 fully saturated rings. The van der Waals surface area contributed by atoms with Gasteiger partial charge in [0.05, 0.1) is 6.42 Å². The summed E-state index contributed by atoms with van der Waals surface area (Å²) in [5.74, 6) is -6.81. The first-order chi connectivity index (χ1) is 9.63. The largest absolute Gasteiger partial charge is 0.530 e. The minimum atomic E-state index is -4.00. The monoisotopic (exact) mass is 304 g/mol. The van der Waals surface area contributed by atoms with Crippen LogP contribution in [0.25, 0.3) is 0 Å². The lowest BCUT2D eigenvalue weighted by Crippen LogP contribution is -2.69. The molecule has 1 saturated heterocycles. The van der Waals surface area contributed by atoms with Crippen LogP contribution in [-0.4, -0.2) is 29.0 Å². The van der Waals surface area contributed by atoms with Gasteiger partial charge in [0, 0.05) is 5.56 Å². The average Bonchev–Trinajstić information content (AvgIpc) is 2.36. The third-order valence-electron chi connectivity index (χ3n) is 3.66. The summed E-state index contributed by atoms with van der Waals surface area (Å²) in [6, 6.07) is 4.19. The van der Waals surface area contributed by atoms with Crippen molar-refractivity contribution in [2.75, 3.05) is 0 Å². The molecular formula is C13H10F4NO3-. The molecule has 0 spiro atoms. The van der Waals surface area contributed by atoms with Crippen LogP contribution in [0.2, 0.25) is 0 Å². The van der Waals surface area contributed by atoms with Crippen molar-refractivity contribution in [3.05, 3.63) is 35.6 Å². The van der Waals surface area contributed by atoms with Gasteiger partial charge in [0.2, 0.25) is 0 Å².